The normalized spacial score (nSPS) is 14.2. The molecule has 1 unspecified atom stereocenters. The van der Waals surface area contributed by atoms with Gasteiger partial charge in [-0.15, -0.1) is 5.10 Å². The van der Waals surface area contributed by atoms with Gasteiger partial charge in [0.2, 0.25) is 11.1 Å². The Morgan fingerprint density at radius 1 is 1.02 bits per heavy atom. The van der Waals surface area contributed by atoms with Gasteiger partial charge in [0.05, 0.1) is 30.5 Å². The monoisotopic (exact) mass is 555 g/mol. The van der Waals surface area contributed by atoms with Crippen LogP contribution in [-0.2, 0) is 15.3 Å². The Labute approximate surface area is 236 Å². The summed E-state index contributed by atoms with van der Waals surface area (Å²) < 4.78 is 12.3. The van der Waals surface area contributed by atoms with Crippen LogP contribution in [0.3, 0.4) is 0 Å². The predicted octanol–water partition coefficient (Wildman–Crippen LogP) is 5.68. The molecule has 1 amide bonds. The molecule has 40 heavy (non-hydrogen) atoms. The van der Waals surface area contributed by atoms with Crippen LogP contribution in [0.2, 0.25) is 0 Å². The number of methoxy groups -OCH3 is 1. The molecule has 4 aromatic rings. The minimum atomic E-state index is -0.597. The van der Waals surface area contributed by atoms with Gasteiger partial charge in [0.15, 0.2) is 0 Å². The second-order valence-electron chi connectivity index (χ2n) is 9.00. The van der Waals surface area contributed by atoms with Gasteiger partial charge in [-0.3, -0.25) is 4.79 Å². The standard InChI is InChI=1S/C30H29N5O4S/c1-4-39-24-13-9-8-12-23(24)32-27(36)25-19(2)31-29-33-30(40-18-20-10-6-5-7-11-20)34-35(29)26(25)21-14-16-22(17-15-21)28(37)38-3/h5-17,26H,4,18H2,1-3H3,(H,32,36)(H,31,33,34). The van der Waals surface area contributed by atoms with Crippen molar-refractivity contribution >= 4 is 35.3 Å². The maximum atomic E-state index is 13.9. The van der Waals surface area contributed by atoms with E-state index < -0.39 is 12.0 Å². The van der Waals surface area contributed by atoms with Crippen LogP contribution < -0.4 is 15.4 Å². The molecule has 10 heteroatoms. The average Bonchev–Trinajstić information content (AvgIpc) is 3.39. The van der Waals surface area contributed by atoms with E-state index in [1.165, 1.54) is 18.9 Å². The summed E-state index contributed by atoms with van der Waals surface area (Å²) in [6.45, 7) is 4.20. The molecule has 1 aliphatic heterocycles. The molecule has 0 aliphatic carbocycles. The molecule has 0 spiro atoms. The third kappa shape index (κ3) is 5.72. The SMILES string of the molecule is CCOc1ccccc1NC(=O)C1=C(C)Nc2nc(SCc3ccccc3)nn2C1c1ccc(C(=O)OC)cc1. The number of carbonyl (C=O) groups excluding carboxylic acids is 2. The smallest absolute Gasteiger partial charge is 0.337 e. The Morgan fingerprint density at radius 2 is 1.75 bits per heavy atom. The van der Waals surface area contributed by atoms with E-state index >= 15 is 0 Å². The Morgan fingerprint density at radius 3 is 2.48 bits per heavy atom. The van der Waals surface area contributed by atoms with Crippen LogP contribution in [0, 0.1) is 0 Å². The average molecular weight is 556 g/mol. The van der Waals surface area contributed by atoms with E-state index in [9.17, 15) is 9.59 Å². The number of anilines is 2. The highest BCUT2D eigenvalue weighted by Gasteiger charge is 2.35. The van der Waals surface area contributed by atoms with E-state index in [0.717, 1.165) is 11.1 Å². The summed E-state index contributed by atoms with van der Waals surface area (Å²) in [7, 11) is 1.34. The topological polar surface area (TPSA) is 107 Å². The molecule has 2 heterocycles. The lowest BCUT2D eigenvalue weighted by Crippen LogP contribution is -2.31. The van der Waals surface area contributed by atoms with Gasteiger partial charge in [0.25, 0.3) is 5.91 Å². The zero-order valence-electron chi connectivity index (χ0n) is 22.4. The second kappa shape index (κ2) is 12.1. The highest BCUT2D eigenvalue weighted by atomic mass is 32.2. The minimum absolute atomic E-state index is 0.307. The number of aromatic nitrogens is 3. The second-order valence-corrected chi connectivity index (χ2v) is 9.94. The Hall–Kier alpha value is -4.57. The summed E-state index contributed by atoms with van der Waals surface area (Å²) in [5.74, 6) is 1.08. The summed E-state index contributed by atoms with van der Waals surface area (Å²) in [5.41, 5.74) is 4.02. The van der Waals surface area contributed by atoms with Gasteiger partial charge >= 0.3 is 5.97 Å². The number of rotatable bonds is 9. The molecule has 5 rings (SSSR count). The van der Waals surface area contributed by atoms with Gasteiger partial charge in [-0.2, -0.15) is 4.98 Å². The van der Waals surface area contributed by atoms with Gasteiger partial charge in [-0.05, 0) is 49.2 Å². The first-order valence-corrected chi connectivity index (χ1v) is 13.8. The van der Waals surface area contributed by atoms with Crippen LogP contribution in [0.25, 0.3) is 0 Å². The number of ether oxygens (including phenoxy) is 2. The lowest BCUT2D eigenvalue weighted by atomic mass is 9.94. The van der Waals surface area contributed by atoms with Crippen LogP contribution in [0.15, 0.2) is 95.3 Å². The summed E-state index contributed by atoms with van der Waals surface area (Å²) in [6.07, 6.45) is 0. The first kappa shape index (κ1) is 27.0. The lowest BCUT2D eigenvalue weighted by Gasteiger charge is -2.29. The van der Waals surface area contributed by atoms with Crippen molar-refractivity contribution in [3.05, 3.63) is 107 Å². The fourth-order valence-electron chi connectivity index (χ4n) is 4.48. The number of hydrogen-bond donors (Lipinski definition) is 2. The molecule has 1 aliphatic rings. The number of nitrogens with one attached hydrogen (secondary N) is 2. The van der Waals surface area contributed by atoms with Crippen LogP contribution in [0.5, 0.6) is 5.75 Å². The number of hydrogen-bond acceptors (Lipinski definition) is 8. The van der Waals surface area contributed by atoms with E-state index in [2.05, 4.69) is 22.8 Å². The van der Waals surface area contributed by atoms with Crippen molar-refractivity contribution in [1.29, 1.82) is 0 Å². The van der Waals surface area contributed by atoms with Crippen molar-refractivity contribution in [3.63, 3.8) is 0 Å². The number of fused-ring (bicyclic) bond motifs is 1. The van der Waals surface area contributed by atoms with E-state index in [4.69, 9.17) is 19.6 Å². The summed E-state index contributed by atoms with van der Waals surface area (Å²) in [5, 5.41) is 11.7. The third-order valence-electron chi connectivity index (χ3n) is 6.37. The summed E-state index contributed by atoms with van der Waals surface area (Å²) in [6, 6.07) is 23.8. The quantitative estimate of drug-likeness (QED) is 0.201. The van der Waals surface area contributed by atoms with Crippen molar-refractivity contribution in [3.8, 4) is 5.75 Å². The van der Waals surface area contributed by atoms with Gasteiger partial charge in [0, 0.05) is 11.4 Å². The fourth-order valence-corrected chi connectivity index (χ4v) is 5.26. The number of amides is 1. The maximum Gasteiger partial charge on any atom is 0.337 e. The zero-order chi connectivity index (χ0) is 28.1. The molecule has 0 bridgehead atoms. The lowest BCUT2D eigenvalue weighted by molar-refractivity contribution is -0.113. The highest BCUT2D eigenvalue weighted by molar-refractivity contribution is 7.98. The number of thioether (sulfide) groups is 1. The molecule has 1 atom stereocenters. The Balaban J connectivity index is 1.51. The summed E-state index contributed by atoms with van der Waals surface area (Å²) in [4.78, 5) is 30.6. The number of esters is 1. The van der Waals surface area contributed by atoms with Crippen molar-refractivity contribution < 1.29 is 19.1 Å². The molecular weight excluding hydrogens is 526 g/mol. The number of para-hydroxylation sites is 2. The molecule has 0 radical (unpaired) electrons. The molecule has 1 aromatic heterocycles. The van der Waals surface area contributed by atoms with E-state index in [1.54, 1.807) is 35.0 Å². The van der Waals surface area contributed by atoms with Gasteiger partial charge in [-0.25, -0.2) is 9.48 Å². The van der Waals surface area contributed by atoms with E-state index in [0.29, 0.717) is 51.7 Å². The number of benzene rings is 3. The number of carbonyl (C=O) groups is 2. The van der Waals surface area contributed by atoms with Crippen LogP contribution in [0.1, 0.15) is 41.4 Å². The molecular formula is C30H29N5O4S. The number of nitrogens with zero attached hydrogens (tertiary/aromatic N) is 3. The van der Waals surface area contributed by atoms with Crippen molar-refractivity contribution in [2.45, 2.75) is 30.8 Å². The minimum Gasteiger partial charge on any atom is -0.492 e. The first-order chi connectivity index (χ1) is 19.5. The largest absolute Gasteiger partial charge is 0.492 e. The molecule has 2 N–H and O–H groups in total. The molecule has 9 nitrogen and oxygen atoms in total. The Kier molecular flexibility index (Phi) is 8.16. The number of allylic oxidation sites excluding steroid dienone is 1. The highest BCUT2D eigenvalue weighted by Crippen LogP contribution is 2.37. The van der Waals surface area contributed by atoms with Crippen LogP contribution >= 0.6 is 11.8 Å². The van der Waals surface area contributed by atoms with Crippen molar-refractivity contribution in [1.82, 2.24) is 14.8 Å². The van der Waals surface area contributed by atoms with Crippen molar-refractivity contribution in [2.24, 2.45) is 0 Å². The van der Waals surface area contributed by atoms with Crippen molar-refractivity contribution in [2.75, 3.05) is 24.4 Å². The fraction of sp³-hybridized carbons (Fsp3) is 0.200. The maximum absolute atomic E-state index is 13.9. The van der Waals surface area contributed by atoms with Gasteiger partial charge < -0.3 is 20.1 Å². The predicted molar refractivity (Wildman–Crippen MR) is 155 cm³/mol. The Bertz CT molecular complexity index is 1550. The van der Waals surface area contributed by atoms with E-state index in [-0.39, 0.29) is 5.91 Å². The molecule has 3 aromatic carbocycles. The zero-order valence-corrected chi connectivity index (χ0v) is 23.2. The molecule has 0 saturated heterocycles. The summed E-state index contributed by atoms with van der Waals surface area (Å²) >= 11 is 1.51. The van der Waals surface area contributed by atoms with Crippen LogP contribution in [-0.4, -0.2) is 40.4 Å². The van der Waals surface area contributed by atoms with Crippen LogP contribution in [0.4, 0.5) is 11.6 Å². The van der Waals surface area contributed by atoms with Gasteiger partial charge in [-0.1, -0.05) is 66.4 Å². The molecule has 0 fully saturated rings. The molecule has 0 saturated carbocycles. The van der Waals surface area contributed by atoms with Gasteiger partial charge in [0.1, 0.15) is 11.8 Å². The molecule has 204 valence electrons. The van der Waals surface area contributed by atoms with E-state index in [1.807, 2.05) is 50.2 Å². The third-order valence-corrected chi connectivity index (χ3v) is 7.28. The first-order valence-electron chi connectivity index (χ1n) is 12.8.